The van der Waals surface area contributed by atoms with Crippen molar-refractivity contribution in [1.29, 1.82) is 0 Å². The van der Waals surface area contributed by atoms with Gasteiger partial charge < -0.3 is 20.1 Å². The second-order valence-electron chi connectivity index (χ2n) is 6.89. The molecule has 0 fully saturated rings. The summed E-state index contributed by atoms with van der Waals surface area (Å²) in [5.41, 5.74) is 0.982. The molecule has 0 spiro atoms. The van der Waals surface area contributed by atoms with Crippen LogP contribution in [0.1, 0.15) is 24.2 Å². The minimum Gasteiger partial charge on any atom is -0.497 e. The number of carbonyl (C=O) groups is 2. The number of carbonyl (C=O) groups excluding carboxylic acids is 2. The molecule has 0 bridgehead atoms. The first-order valence-electron chi connectivity index (χ1n) is 9.58. The Morgan fingerprint density at radius 1 is 0.968 bits per heavy atom. The Morgan fingerprint density at radius 3 is 2.23 bits per heavy atom. The van der Waals surface area contributed by atoms with Crippen LogP contribution in [0.4, 0.5) is 5.69 Å². The molecule has 2 aromatic rings. The fourth-order valence-electron chi connectivity index (χ4n) is 2.53. The van der Waals surface area contributed by atoms with Gasteiger partial charge in [-0.05, 0) is 36.4 Å². The summed E-state index contributed by atoms with van der Waals surface area (Å²) in [6, 6.07) is 10.9. The Kier molecular flexibility index (Phi) is 8.40. The number of benzene rings is 2. The maximum Gasteiger partial charge on any atom is 0.251 e. The van der Waals surface area contributed by atoms with E-state index in [1.165, 1.54) is 26.4 Å². The van der Waals surface area contributed by atoms with E-state index in [1.807, 2.05) is 0 Å². The predicted molar refractivity (Wildman–Crippen MR) is 117 cm³/mol. The molecule has 0 aromatic heterocycles. The molecule has 31 heavy (non-hydrogen) atoms. The van der Waals surface area contributed by atoms with Gasteiger partial charge in [0.25, 0.3) is 5.91 Å². The smallest absolute Gasteiger partial charge is 0.251 e. The standard InChI is InChI=1S/C21H27N3O6S/c1-14(2)20(25)24-16-7-5-15(6-8-16)21(26)22-11-12-23-31(27,28)19-13-17(29-3)9-10-18(19)30-4/h5-10,13-14,23H,11-12H2,1-4H3,(H,22,26)(H,24,25). The van der Waals surface area contributed by atoms with Crippen LogP contribution in [0.3, 0.4) is 0 Å². The van der Waals surface area contributed by atoms with E-state index < -0.39 is 10.0 Å². The molecule has 0 unspecified atom stereocenters. The highest BCUT2D eigenvalue weighted by Crippen LogP contribution is 2.27. The van der Waals surface area contributed by atoms with Gasteiger partial charge in [0.15, 0.2) is 0 Å². The van der Waals surface area contributed by atoms with Gasteiger partial charge in [-0.15, -0.1) is 0 Å². The molecule has 0 atom stereocenters. The maximum absolute atomic E-state index is 12.6. The average molecular weight is 450 g/mol. The molecule has 0 saturated heterocycles. The minimum absolute atomic E-state index is 0.0169. The van der Waals surface area contributed by atoms with Crippen LogP contribution in [0.25, 0.3) is 0 Å². The molecule has 0 heterocycles. The van der Waals surface area contributed by atoms with E-state index >= 15 is 0 Å². The van der Waals surface area contributed by atoms with Crippen molar-refractivity contribution in [3.8, 4) is 11.5 Å². The van der Waals surface area contributed by atoms with E-state index in [0.717, 1.165) is 0 Å². The Morgan fingerprint density at radius 2 is 1.65 bits per heavy atom. The Bertz CT molecular complexity index is 1020. The zero-order valence-corrected chi connectivity index (χ0v) is 18.7. The number of ether oxygens (including phenoxy) is 2. The summed E-state index contributed by atoms with van der Waals surface area (Å²) in [6.07, 6.45) is 0. The number of hydrogen-bond donors (Lipinski definition) is 3. The lowest BCUT2D eigenvalue weighted by molar-refractivity contribution is -0.118. The molecular formula is C21H27N3O6S. The molecule has 0 saturated carbocycles. The third-order valence-electron chi connectivity index (χ3n) is 4.30. The first-order valence-corrected chi connectivity index (χ1v) is 11.1. The second kappa shape index (κ2) is 10.8. The number of methoxy groups -OCH3 is 2. The molecule has 0 aliphatic carbocycles. The predicted octanol–water partition coefficient (Wildman–Crippen LogP) is 2.01. The highest BCUT2D eigenvalue weighted by Gasteiger charge is 2.20. The molecule has 9 nitrogen and oxygen atoms in total. The van der Waals surface area contributed by atoms with E-state index in [2.05, 4.69) is 15.4 Å². The van der Waals surface area contributed by atoms with Crippen LogP contribution < -0.4 is 24.8 Å². The van der Waals surface area contributed by atoms with Gasteiger partial charge in [0.1, 0.15) is 16.4 Å². The van der Waals surface area contributed by atoms with Gasteiger partial charge >= 0.3 is 0 Å². The number of amides is 2. The van der Waals surface area contributed by atoms with Crippen molar-refractivity contribution < 1.29 is 27.5 Å². The monoisotopic (exact) mass is 449 g/mol. The topological polar surface area (TPSA) is 123 Å². The summed E-state index contributed by atoms with van der Waals surface area (Å²) < 4.78 is 37.8. The van der Waals surface area contributed by atoms with E-state index in [1.54, 1.807) is 44.2 Å². The number of sulfonamides is 1. The van der Waals surface area contributed by atoms with Gasteiger partial charge in [0, 0.05) is 36.3 Å². The molecule has 2 amide bonds. The van der Waals surface area contributed by atoms with Gasteiger partial charge in [-0.3, -0.25) is 9.59 Å². The number of rotatable bonds is 10. The third-order valence-corrected chi connectivity index (χ3v) is 5.78. The third kappa shape index (κ3) is 6.69. The van der Waals surface area contributed by atoms with Crippen molar-refractivity contribution in [1.82, 2.24) is 10.0 Å². The number of hydrogen-bond acceptors (Lipinski definition) is 6. The fraction of sp³-hybridized carbons (Fsp3) is 0.333. The van der Waals surface area contributed by atoms with Crippen LogP contribution in [-0.2, 0) is 14.8 Å². The lowest BCUT2D eigenvalue weighted by Crippen LogP contribution is -2.34. The molecule has 10 heteroatoms. The fourth-order valence-corrected chi connectivity index (χ4v) is 3.74. The highest BCUT2D eigenvalue weighted by molar-refractivity contribution is 7.89. The largest absolute Gasteiger partial charge is 0.497 e. The number of nitrogens with one attached hydrogen (secondary N) is 3. The molecule has 0 aliphatic heterocycles. The summed E-state index contributed by atoms with van der Waals surface area (Å²) in [4.78, 5) is 23.9. The SMILES string of the molecule is COc1ccc(OC)c(S(=O)(=O)NCCNC(=O)c2ccc(NC(=O)C(C)C)cc2)c1. The Hall–Kier alpha value is -3.11. The van der Waals surface area contributed by atoms with Gasteiger partial charge in [0.05, 0.1) is 14.2 Å². The van der Waals surface area contributed by atoms with Gasteiger partial charge in [-0.25, -0.2) is 13.1 Å². The van der Waals surface area contributed by atoms with Crippen molar-refractivity contribution in [2.45, 2.75) is 18.7 Å². The van der Waals surface area contributed by atoms with Gasteiger partial charge in [-0.2, -0.15) is 0 Å². The second-order valence-corrected chi connectivity index (χ2v) is 8.63. The quantitative estimate of drug-likeness (QED) is 0.477. The van der Waals surface area contributed by atoms with E-state index in [9.17, 15) is 18.0 Å². The molecule has 0 radical (unpaired) electrons. The summed E-state index contributed by atoms with van der Waals surface area (Å²) in [6.45, 7) is 3.64. The molecule has 3 N–H and O–H groups in total. The van der Waals surface area contributed by atoms with Crippen LogP contribution in [0, 0.1) is 5.92 Å². The van der Waals surface area contributed by atoms with Crippen molar-refractivity contribution in [3.05, 3.63) is 48.0 Å². The summed E-state index contributed by atoms with van der Waals surface area (Å²) in [5, 5.41) is 5.39. The van der Waals surface area contributed by atoms with Crippen LogP contribution in [0.5, 0.6) is 11.5 Å². The van der Waals surface area contributed by atoms with E-state index in [4.69, 9.17) is 9.47 Å². The zero-order valence-electron chi connectivity index (χ0n) is 17.9. The van der Waals surface area contributed by atoms with Crippen molar-refractivity contribution in [3.63, 3.8) is 0 Å². The normalized spacial score (nSPS) is 11.1. The number of anilines is 1. The van der Waals surface area contributed by atoms with E-state index in [-0.39, 0.29) is 41.5 Å². The van der Waals surface area contributed by atoms with Crippen LogP contribution in [0.2, 0.25) is 0 Å². The van der Waals surface area contributed by atoms with Crippen molar-refractivity contribution in [2.75, 3.05) is 32.6 Å². The van der Waals surface area contributed by atoms with Gasteiger partial charge in [-0.1, -0.05) is 13.8 Å². The molecule has 2 aromatic carbocycles. The van der Waals surface area contributed by atoms with Crippen molar-refractivity contribution >= 4 is 27.5 Å². The summed E-state index contributed by atoms with van der Waals surface area (Å²) >= 11 is 0. The molecule has 168 valence electrons. The van der Waals surface area contributed by atoms with Crippen LogP contribution in [-0.4, -0.2) is 47.5 Å². The summed E-state index contributed by atoms with van der Waals surface area (Å²) in [7, 11) is -1.06. The Balaban J connectivity index is 1.91. The average Bonchev–Trinajstić information content (AvgIpc) is 2.76. The van der Waals surface area contributed by atoms with Crippen LogP contribution >= 0.6 is 0 Å². The minimum atomic E-state index is -3.87. The lowest BCUT2D eigenvalue weighted by atomic mass is 10.1. The van der Waals surface area contributed by atoms with Crippen LogP contribution in [0.15, 0.2) is 47.4 Å². The lowest BCUT2D eigenvalue weighted by Gasteiger charge is -2.12. The first-order chi connectivity index (χ1) is 14.7. The summed E-state index contributed by atoms with van der Waals surface area (Å²) in [5.74, 6) is -0.0646. The highest BCUT2D eigenvalue weighted by atomic mass is 32.2. The maximum atomic E-state index is 12.6. The zero-order chi connectivity index (χ0) is 23.0. The van der Waals surface area contributed by atoms with Gasteiger partial charge in [0.2, 0.25) is 15.9 Å². The Labute approximate surface area is 182 Å². The van der Waals surface area contributed by atoms with Crippen molar-refractivity contribution in [2.24, 2.45) is 5.92 Å². The molecule has 0 aliphatic rings. The first kappa shape index (κ1) is 24.2. The molecule has 2 rings (SSSR count). The molecular weight excluding hydrogens is 422 g/mol. The van der Waals surface area contributed by atoms with E-state index in [0.29, 0.717) is 17.0 Å².